The fraction of sp³-hybridized carbons (Fsp3) is 0.571. The van der Waals surface area contributed by atoms with Gasteiger partial charge >= 0.3 is 0 Å². The third-order valence-corrected chi connectivity index (χ3v) is 1.56. The van der Waals surface area contributed by atoms with Crippen molar-refractivity contribution >= 4 is 17.5 Å². The lowest BCUT2D eigenvalue weighted by atomic mass is 10.1. The molecule has 1 rings (SSSR count). The van der Waals surface area contributed by atoms with E-state index >= 15 is 0 Å². The van der Waals surface area contributed by atoms with E-state index in [-0.39, 0.29) is 31.4 Å². The van der Waals surface area contributed by atoms with Gasteiger partial charge in [-0.2, -0.15) is 5.10 Å². The van der Waals surface area contributed by atoms with Crippen molar-refractivity contribution in [3.8, 4) is 0 Å². The largest absolute Gasteiger partial charge is 0.395 e. The van der Waals surface area contributed by atoms with Crippen molar-refractivity contribution in [2.75, 3.05) is 13.2 Å². The van der Waals surface area contributed by atoms with Gasteiger partial charge < -0.3 is 10.4 Å². The first-order valence-electron chi connectivity index (χ1n) is 3.98. The van der Waals surface area contributed by atoms with Crippen molar-refractivity contribution in [1.82, 2.24) is 10.7 Å². The van der Waals surface area contributed by atoms with E-state index in [4.69, 9.17) is 5.11 Å². The number of aliphatic hydroxyl groups excluding tert-OH is 1. The molecule has 0 saturated heterocycles. The molecule has 2 amide bonds. The van der Waals surface area contributed by atoms with Crippen LogP contribution in [0.3, 0.4) is 0 Å². The summed E-state index contributed by atoms with van der Waals surface area (Å²) in [6.07, 6.45) is 0.633. The maximum atomic E-state index is 11.2. The van der Waals surface area contributed by atoms with Crippen LogP contribution in [-0.4, -0.2) is 35.8 Å². The number of aliphatic hydroxyl groups is 1. The third-order valence-electron chi connectivity index (χ3n) is 1.56. The summed E-state index contributed by atoms with van der Waals surface area (Å²) < 4.78 is 0. The molecule has 72 valence electrons. The first-order valence-corrected chi connectivity index (χ1v) is 3.98. The van der Waals surface area contributed by atoms with Gasteiger partial charge in [0.25, 0.3) is 5.91 Å². The van der Waals surface area contributed by atoms with Gasteiger partial charge in [-0.1, -0.05) is 0 Å². The summed E-state index contributed by atoms with van der Waals surface area (Å²) in [6, 6.07) is 0. The van der Waals surface area contributed by atoms with Crippen LogP contribution in [0.1, 0.15) is 12.8 Å². The number of rotatable bonds is 3. The fourth-order valence-corrected chi connectivity index (χ4v) is 0.909. The Bertz CT molecular complexity index is 249. The number of amides is 2. The SMILES string of the molecule is O=C1CCC(C(=O)NCCO)=NN1. The van der Waals surface area contributed by atoms with E-state index in [1.807, 2.05) is 0 Å². The molecule has 0 atom stereocenters. The second kappa shape index (κ2) is 4.56. The van der Waals surface area contributed by atoms with Crippen LogP contribution >= 0.6 is 0 Å². The van der Waals surface area contributed by atoms with Crippen molar-refractivity contribution in [1.29, 1.82) is 0 Å². The van der Waals surface area contributed by atoms with Crippen LogP contribution in [0.15, 0.2) is 5.10 Å². The number of carbonyl (C=O) groups excluding carboxylic acids is 2. The lowest BCUT2D eigenvalue weighted by molar-refractivity contribution is -0.121. The summed E-state index contributed by atoms with van der Waals surface area (Å²) in [6.45, 7) is 0.0944. The van der Waals surface area contributed by atoms with E-state index in [1.54, 1.807) is 0 Å². The standard InChI is InChI=1S/C7H11N3O3/c11-4-3-8-7(13)5-1-2-6(12)10-9-5/h11H,1-4H2,(H,8,13)(H,10,12). The maximum Gasteiger partial charge on any atom is 0.267 e. The lowest BCUT2D eigenvalue weighted by Crippen LogP contribution is -2.37. The first kappa shape index (κ1) is 9.66. The minimum Gasteiger partial charge on any atom is -0.395 e. The van der Waals surface area contributed by atoms with E-state index in [0.29, 0.717) is 12.1 Å². The predicted molar refractivity (Wildman–Crippen MR) is 44.9 cm³/mol. The zero-order valence-corrected chi connectivity index (χ0v) is 7.04. The molecule has 0 aromatic carbocycles. The number of nitrogens with one attached hydrogen (secondary N) is 2. The molecular formula is C7H11N3O3. The Labute approximate surface area is 75.0 Å². The Morgan fingerprint density at radius 1 is 1.62 bits per heavy atom. The van der Waals surface area contributed by atoms with Crippen LogP contribution in [-0.2, 0) is 9.59 Å². The highest BCUT2D eigenvalue weighted by atomic mass is 16.3. The minimum atomic E-state index is -0.339. The van der Waals surface area contributed by atoms with Gasteiger partial charge in [0.05, 0.1) is 6.61 Å². The lowest BCUT2D eigenvalue weighted by Gasteiger charge is -2.10. The Morgan fingerprint density at radius 2 is 2.38 bits per heavy atom. The Hall–Kier alpha value is -1.43. The normalized spacial score (nSPS) is 16.1. The molecule has 6 nitrogen and oxygen atoms in total. The molecule has 0 bridgehead atoms. The van der Waals surface area contributed by atoms with Crippen molar-refractivity contribution in [2.24, 2.45) is 5.10 Å². The van der Waals surface area contributed by atoms with Crippen LogP contribution in [0.25, 0.3) is 0 Å². The summed E-state index contributed by atoms with van der Waals surface area (Å²) in [5.41, 5.74) is 2.51. The zero-order valence-electron chi connectivity index (χ0n) is 7.04. The molecule has 0 fully saturated rings. The van der Waals surface area contributed by atoms with Gasteiger partial charge in [-0.15, -0.1) is 0 Å². The monoisotopic (exact) mass is 185 g/mol. The third kappa shape index (κ3) is 2.83. The van der Waals surface area contributed by atoms with E-state index in [0.717, 1.165) is 0 Å². The van der Waals surface area contributed by atoms with Gasteiger partial charge in [-0.05, 0) is 0 Å². The molecule has 0 aromatic heterocycles. The molecule has 0 spiro atoms. The summed E-state index contributed by atoms with van der Waals surface area (Å²) >= 11 is 0. The quantitative estimate of drug-likeness (QED) is 0.492. The van der Waals surface area contributed by atoms with Gasteiger partial charge in [0.15, 0.2) is 0 Å². The summed E-state index contributed by atoms with van der Waals surface area (Å²) in [5, 5.41) is 14.5. The average Bonchev–Trinajstić information content (AvgIpc) is 2.15. The summed E-state index contributed by atoms with van der Waals surface area (Å²) in [4.78, 5) is 21.8. The van der Waals surface area contributed by atoms with E-state index < -0.39 is 0 Å². The highest BCUT2D eigenvalue weighted by Crippen LogP contribution is 1.98. The molecule has 1 aliphatic rings. The predicted octanol–water partition coefficient (Wildman–Crippen LogP) is -1.64. The second-order valence-corrected chi connectivity index (χ2v) is 2.57. The molecule has 1 heterocycles. The van der Waals surface area contributed by atoms with Gasteiger partial charge in [-0.25, -0.2) is 5.43 Å². The highest BCUT2D eigenvalue weighted by Gasteiger charge is 2.17. The molecule has 3 N–H and O–H groups in total. The molecule has 0 aromatic rings. The number of hydrogen-bond donors (Lipinski definition) is 3. The number of hydrogen-bond acceptors (Lipinski definition) is 4. The van der Waals surface area contributed by atoms with Crippen molar-refractivity contribution in [3.63, 3.8) is 0 Å². The Kier molecular flexibility index (Phi) is 3.39. The summed E-state index contributed by atoms with van der Waals surface area (Å²) in [5.74, 6) is -0.521. The van der Waals surface area contributed by atoms with Crippen LogP contribution in [0.5, 0.6) is 0 Å². The molecule has 13 heavy (non-hydrogen) atoms. The fourth-order valence-electron chi connectivity index (χ4n) is 0.909. The second-order valence-electron chi connectivity index (χ2n) is 2.57. The van der Waals surface area contributed by atoms with E-state index in [9.17, 15) is 9.59 Å². The Balaban J connectivity index is 2.43. The molecule has 0 radical (unpaired) electrons. The van der Waals surface area contributed by atoms with E-state index in [2.05, 4.69) is 15.8 Å². The van der Waals surface area contributed by atoms with Crippen molar-refractivity contribution in [2.45, 2.75) is 12.8 Å². The topological polar surface area (TPSA) is 90.8 Å². The van der Waals surface area contributed by atoms with Gasteiger partial charge in [0.2, 0.25) is 5.91 Å². The van der Waals surface area contributed by atoms with Gasteiger partial charge in [0.1, 0.15) is 5.71 Å². The smallest absolute Gasteiger partial charge is 0.267 e. The molecule has 0 unspecified atom stereocenters. The number of hydrazone groups is 1. The highest BCUT2D eigenvalue weighted by molar-refractivity contribution is 6.39. The van der Waals surface area contributed by atoms with Crippen LogP contribution in [0.2, 0.25) is 0 Å². The zero-order chi connectivity index (χ0) is 9.68. The number of nitrogens with zero attached hydrogens (tertiary/aromatic N) is 1. The van der Waals surface area contributed by atoms with Crippen molar-refractivity contribution < 1.29 is 14.7 Å². The van der Waals surface area contributed by atoms with E-state index in [1.165, 1.54) is 0 Å². The maximum absolute atomic E-state index is 11.2. The summed E-state index contributed by atoms with van der Waals surface area (Å²) in [7, 11) is 0. The molecule has 1 aliphatic heterocycles. The van der Waals surface area contributed by atoms with Crippen LogP contribution in [0, 0.1) is 0 Å². The van der Waals surface area contributed by atoms with Crippen LogP contribution < -0.4 is 10.7 Å². The molecule has 0 saturated carbocycles. The average molecular weight is 185 g/mol. The van der Waals surface area contributed by atoms with Crippen molar-refractivity contribution in [3.05, 3.63) is 0 Å². The minimum absolute atomic E-state index is 0.106. The van der Waals surface area contributed by atoms with Gasteiger partial charge in [-0.3, -0.25) is 9.59 Å². The van der Waals surface area contributed by atoms with Gasteiger partial charge in [0, 0.05) is 19.4 Å². The molecule has 6 heteroatoms. The molecular weight excluding hydrogens is 174 g/mol. The van der Waals surface area contributed by atoms with Crippen LogP contribution in [0.4, 0.5) is 0 Å². The first-order chi connectivity index (χ1) is 6.24. The Morgan fingerprint density at radius 3 is 2.92 bits per heavy atom. The molecule has 0 aliphatic carbocycles. The number of carbonyl (C=O) groups is 2.